The van der Waals surface area contributed by atoms with E-state index in [9.17, 15) is 9.18 Å². The Kier molecular flexibility index (Phi) is 3.93. The van der Waals surface area contributed by atoms with Gasteiger partial charge in [0.2, 0.25) is 0 Å². The van der Waals surface area contributed by atoms with Gasteiger partial charge in [-0.05, 0) is 31.9 Å². The van der Waals surface area contributed by atoms with Crippen LogP contribution in [0.2, 0.25) is 0 Å². The molecule has 1 fully saturated rings. The Balaban J connectivity index is 2.13. The number of rotatable bonds is 4. The molecule has 1 aliphatic rings. The van der Waals surface area contributed by atoms with Crippen LogP contribution in [0.5, 0.6) is 0 Å². The number of hydrogen-bond acceptors (Lipinski definition) is 2. The molecular formula is C16H22FNO. The van der Waals surface area contributed by atoms with E-state index in [0.29, 0.717) is 24.6 Å². The number of carbonyl (C=O) groups excluding carboxylic acids is 1. The molecule has 0 heterocycles. The highest BCUT2D eigenvalue weighted by Crippen LogP contribution is 2.38. The minimum absolute atomic E-state index is 0.0366. The SMILES string of the molecule is CCN(CC1CCC(C)(C)C1=O)c1ccccc1F. The summed E-state index contributed by atoms with van der Waals surface area (Å²) in [7, 11) is 0. The van der Waals surface area contributed by atoms with Gasteiger partial charge in [-0.25, -0.2) is 4.39 Å². The fourth-order valence-electron chi connectivity index (χ4n) is 2.89. The van der Waals surface area contributed by atoms with Gasteiger partial charge in [0.25, 0.3) is 0 Å². The van der Waals surface area contributed by atoms with Crippen molar-refractivity contribution in [3.05, 3.63) is 30.1 Å². The Morgan fingerprint density at radius 1 is 1.37 bits per heavy atom. The normalized spacial score (nSPS) is 21.7. The minimum Gasteiger partial charge on any atom is -0.369 e. The van der Waals surface area contributed by atoms with Gasteiger partial charge >= 0.3 is 0 Å². The van der Waals surface area contributed by atoms with Crippen molar-refractivity contribution in [3.63, 3.8) is 0 Å². The van der Waals surface area contributed by atoms with E-state index in [1.807, 2.05) is 31.7 Å². The predicted octanol–water partition coefficient (Wildman–Crippen LogP) is 3.66. The molecule has 1 aromatic rings. The number of anilines is 1. The van der Waals surface area contributed by atoms with E-state index in [2.05, 4.69) is 0 Å². The van der Waals surface area contributed by atoms with E-state index in [4.69, 9.17) is 0 Å². The Labute approximate surface area is 114 Å². The van der Waals surface area contributed by atoms with Crippen LogP contribution in [0.15, 0.2) is 24.3 Å². The summed E-state index contributed by atoms with van der Waals surface area (Å²) < 4.78 is 13.8. The molecule has 2 rings (SSSR count). The lowest BCUT2D eigenvalue weighted by Crippen LogP contribution is -2.34. The first kappa shape index (κ1) is 14.0. The zero-order chi connectivity index (χ0) is 14.0. The third-order valence-electron chi connectivity index (χ3n) is 4.17. The maximum Gasteiger partial charge on any atom is 0.146 e. The zero-order valence-corrected chi connectivity index (χ0v) is 11.9. The van der Waals surface area contributed by atoms with Crippen LogP contribution in [-0.4, -0.2) is 18.9 Å². The molecule has 0 radical (unpaired) electrons. The van der Waals surface area contributed by atoms with Gasteiger partial charge < -0.3 is 4.90 Å². The zero-order valence-electron chi connectivity index (χ0n) is 11.9. The van der Waals surface area contributed by atoms with Crippen LogP contribution in [0.4, 0.5) is 10.1 Å². The Morgan fingerprint density at radius 3 is 2.58 bits per heavy atom. The van der Waals surface area contributed by atoms with Crippen molar-refractivity contribution in [2.75, 3.05) is 18.0 Å². The van der Waals surface area contributed by atoms with Crippen molar-refractivity contribution in [2.24, 2.45) is 11.3 Å². The monoisotopic (exact) mass is 263 g/mol. The highest BCUT2D eigenvalue weighted by atomic mass is 19.1. The summed E-state index contributed by atoms with van der Waals surface area (Å²) in [5.41, 5.74) is 0.391. The van der Waals surface area contributed by atoms with Gasteiger partial charge in [-0.2, -0.15) is 0 Å². The Morgan fingerprint density at radius 2 is 2.05 bits per heavy atom. The Bertz CT molecular complexity index is 470. The Hall–Kier alpha value is -1.38. The maximum atomic E-state index is 13.8. The lowest BCUT2D eigenvalue weighted by atomic mass is 9.89. The molecule has 1 aromatic carbocycles. The quantitative estimate of drug-likeness (QED) is 0.826. The molecule has 0 amide bonds. The molecular weight excluding hydrogens is 241 g/mol. The van der Waals surface area contributed by atoms with Gasteiger partial charge in [0.05, 0.1) is 5.69 Å². The van der Waals surface area contributed by atoms with Crippen LogP contribution in [0, 0.1) is 17.2 Å². The third kappa shape index (κ3) is 2.80. The summed E-state index contributed by atoms with van der Waals surface area (Å²) >= 11 is 0. The molecule has 0 aromatic heterocycles. The van der Waals surface area contributed by atoms with Gasteiger partial charge in [-0.3, -0.25) is 4.79 Å². The number of ketones is 1. The lowest BCUT2D eigenvalue weighted by Gasteiger charge is -2.27. The molecule has 1 atom stereocenters. The number of nitrogens with zero attached hydrogens (tertiary/aromatic N) is 1. The van der Waals surface area contributed by atoms with E-state index < -0.39 is 0 Å². The summed E-state index contributed by atoms with van der Waals surface area (Å²) in [6.07, 6.45) is 1.85. The van der Waals surface area contributed by atoms with E-state index >= 15 is 0 Å². The minimum atomic E-state index is -0.214. The van der Waals surface area contributed by atoms with Gasteiger partial charge in [-0.1, -0.05) is 26.0 Å². The van der Waals surface area contributed by atoms with Crippen molar-refractivity contribution in [2.45, 2.75) is 33.6 Å². The fourth-order valence-corrected chi connectivity index (χ4v) is 2.89. The molecule has 0 aliphatic heterocycles. The van der Waals surface area contributed by atoms with Gasteiger partial charge in [-0.15, -0.1) is 0 Å². The van der Waals surface area contributed by atoms with Crippen LogP contribution in [0.25, 0.3) is 0 Å². The van der Waals surface area contributed by atoms with Crippen molar-refractivity contribution >= 4 is 11.5 Å². The van der Waals surface area contributed by atoms with Gasteiger partial charge in [0, 0.05) is 24.4 Å². The molecule has 1 saturated carbocycles. The van der Waals surface area contributed by atoms with Crippen LogP contribution >= 0.6 is 0 Å². The highest BCUT2D eigenvalue weighted by Gasteiger charge is 2.40. The molecule has 2 nitrogen and oxygen atoms in total. The summed E-state index contributed by atoms with van der Waals surface area (Å²) in [5, 5.41) is 0. The molecule has 0 bridgehead atoms. The standard InChI is InChI=1S/C16H22FNO/c1-4-18(14-8-6-5-7-13(14)17)11-12-9-10-16(2,3)15(12)19/h5-8,12H,4,9-11H2,1-3H3. The average molecular weight is 263 g/mol. The second-order valence-electron chi connectivity index (χ2n) is 5.97. The smallest absolute Gasteiger partial charge is 0.146 e. The topological polar surface area (TPSA) is 20.3 Å². The van der Waals surface area contributed by atoms with E-state index in [1.54, 1.807) is 12.1 Å². The van der Waals surface area contributed by atoms with Crippen LogP contribution in [0.3, 0.4) is 0 Å². The fraction of sp³-hybridized carbons (Fsp3) is 0.562. The van der Waals surface area contributed by atoms with Crippen molar-refractivity contribution < 1.29 is 9.18 Å². The van der Waals surface area contributed by atoms with Crippen molar-refractivity contribution in [3.8, 4) is 0 Å². The molecule has 19 heavy (non-hydrogen) atoms. The van der Waals surface area contributed by atoms with Crippen LogP contribution < -0.4 is 4.90 Å². The summed E-state index contributed by atoms with van der Waals surface area (Å²) in [4.78, 5) is 14.2. The third-order valence-corrected chi connectivity index (χ3v) is 4.17. The second-order valence-corrected chi connectivity index (χ2v) is 5.97. The highest BCUT2D eigenvalue weighted by molar-refractivity contribution is 5.88. The van der Waals surface area contributed by atoms with E-state index in [1.165, 1.54) is 6.07 Å². The number of Topliss-reactive ketones (excluding diaryl/α,β-unsaturated/α-hetero) is 1. The predicted molar refractivity (Wildman–Crippen MR) is 75.8 cm³/mol. The summed E-state index contributed by atoms with van der Waals surface area (Å²) in [6, 6.07) is 6.78. The van der Waals surface area contributed by atoms with Crippen molar-refractivity contribution in [1.29, 1.82) is 0 Å². The molecule has 0 spiro atoms. The summed E-state index contributed by atoms with van der Waals surface area (Å²) in [6.45, 7) is 7.35. The molecule has 1 unspecified atom stereocenters. The first-order valence-electron chi connectivity index (χ1n) is 6.99. The summed E-state index contributed by atoms with van der Waals surface area (Å²) in [5.74, 6) is 0.144. The molecule has 3 heteroatoms. The average Bonchev–Trinajstić information content (AvgIpc) is 2.63. The van der Waals surface area contributed by atoms with Gasteiger partial charge in [0.15, 0.2) is 0 Å². The largest absolute Gasteiger partial charge is 0.369 e. The molecule has 0 N–H and O–H groups in total. The van der Waals surface area contributed by atoms with E-state index in [0.717, 1.165) is 12.8 Å². The van der Waals surface area contributed by atoms with E-state index in [-0.39, 0.29) is 17.2 Å². The first-order valence-corrected chi connectivity index (χ1v) is 6.99. The molecule has 1 aliphatic carbocycles. The number of hydrogen-bond donors (Lipinski definition) is 0. The molecule has 104 valence electrons. The van der Waals surface area contributed by atoms with Crippen LogP contribution in [-0.2, 0) is 4.79 Å². The van der Waals surface area contributed by atoms with Crippen LogP contribution in [0.1, 0.15) is 33.6 Å². The lowest BCUT2D eigenvalue weighted by molar-refractivity contribution is -0.127. The molecule has 0 saturated heterocycles. The second kappa shape index (κ2) is 5.32. The number of halogens is 1. The maximum absolute atomic E-state index is 13.8. The van der Waals surface area contributed by atoms with Gasteiger partial charge in [0.1, 0.15) is 11.6 Å². The number of benzene rings is 1. The number of para-hydroxylation sites is 1. The number of carbonyl (C=O) groups is 1. The first-order chi connectivity index (χ1) is 8.95. The van der Waals surface area contributed by atoms with Crippen molar-refractivity contribution in [1.82, 2.24) is 0 Å².